The van der Waals surface area contributed by atoms with E-state index in [0.717, 1.165) is 56.0 Å². The maximum atomic E-state index is 12.8. The van der Waals surface area contributed by atoms with Crippen LogP contribution < -0.4 is 10.2 Å². The number of hydrogen-bond acceptors (Lipinski definition) is 6. The lowest BCUT2D eigenvalue weighted by Gasteiger charge is -2.36. The molecule has 1 aromatic carbocycles. The number of carbonyl (C=O) groups is 3. The fourth-order valence-electron chi connectivity index (χ4n) is 5.58. The van der Waals surface area contributed by atoms with Crippen molar-refractivity contribution in [3.63, 3.8) is 0 Å². The zero-order chi connectivity index (χ0) is 25.8. The van der Waals surface area contributed by atoms with E-state index >= 15 is 0 Å². The molecule has 4 aliphatic heterocycles. The van der Waals surface area contributed by atoms with Gasteiger partial charge in [-0.25, -0.2) is 4.79 Å². The summed E-state index contributed by atoms with van der Waals surface area (Å²) < 4.78 is 5.37. The smallest absolute Gasteiger partial charge is 0.321 e. The topological polar surface area (TPSA) is 88.7 Å². The van der Waals surface area contributed by atoms with Gasteiger partial charge < -0.3 is 34.6 Å². The number of hydrogen-bond donors (Lipinski definition) is 1. The Morgan fingerprint density at radius 3 is 2.08 bits per heavy atom. The van der Waals surface area contributed by atoms with Crippen molar-refractivity contribution < 1.29 is 19.1 Å². The summed E-state index contributed by atoms with van der Waals surface area (Å²) >= 11 is 0. The summed E-state index contributed by atoms with van der Waals surface area (Å²) in [5.41, 5.74) is 2.63. The summed E-state index contributed by atoms with van der Waals surface area (Å²) in [6.45, 7) is 7.39. The zero-order valence-corrected chi connectivity index (χ0v) is 21.7. The van der Waals surface area contributed by atoms with Crippen LogP contribution in [0.25, 0.3) is 0 Å². The number of anilines is 2. The van der Waals surface area contributed by atoms with Crippen LogP contribution in [-0.2, 0) is 14.3 Å². The highest BCUT2D eigenvalue weighted by molar-refractivity contribution is 5.94. The molecule has 0 radical (unpaired) electrons. The van der Waals surface area contributed by atoms with E-state index in [1.165, 1.54) is 0 Å². The molecule has 0 unspecified atom stereocenters. The number of likely N-dealkylation sites (N-methyl/N-ethyl adjacent to an activating group) is 1. The van der Waals surface area contributed by atoms with Crippen LogP contribution in [-0.4, -0.2) is 117 Å². The molecule has 5 rings (SSSR count). The predicted molar refractivity (Wildman–Crippen MR) is 141 cm³/mol. The number of piperazine rings is 1. The summed E-state index contributed by atoms with van der Waals surface area (Å²) in [7, 11) is 1.95. The van der Waals surface area contributed by atoms with E-state index in [4.69, 9.17) is 4.74 Å². The molecule has 1 aromatic rings. The van der Waals surface area contributed by atoms with Gasteiger partial charge in [0.25, 0.3) is 5.91 Å². The summed E-state index contributed by atoms with van der Waals surface area (Å²) in [5.74, 6) is 0.429. The van der Waals surface area contributed by atoms with Crippen LogP contribution in [0.4, 0.5) is 16.2 Å². The molecule has 0 bridgehead atoms. The Bertz CT molecular complexity index is 1010. The first-order chi connectivity index (χ1) is 18.0. The average Bonchev–Trinajstić information content (AvgIpc) is 3.39. The molecule has 10 heteroatoms. The molecule has 37 heavy (non-hydrogen) atoms. The van der Waals surface area contributed by atoms with Gasteiger partial charge in [-0.15, -0.1) is 0 Å². The first-order valence-corrected chi connectivity index (χ1v) is 13.5. The molecule has 0 atom stereocenters. The summed E-state index contributed by atoms with van der Waals surface area (Å²) in [6.07, 6.45) is 4.62. The number of urea groups is 1. The molecular formula is C27H38N6O4. The van der Waals surface area contributed by atoms with E-state index in [1.807, 2.05) is 52.1 Å². The fourth-order valence-corrected chi connectivity index (χ4v) is 5.58. The molecule has 4 aliphatic rings. The van der Waals surface area contributed by atoms with Crippen LogP contribution in [0.2, 0.25) is 0 Å². The Morgan fingerprint density at radius 1 is 0.811 bits per heavy atom. The second kappa shape index (κ2) is 11.4. The third-order valence-corrected chi connectivity index (χ3v) is 7.94. The maximum absolute atomic E-state index is 12.8. The fraction of sp³-hybridized carbons (Fsp3) is 0.593. The predicted octanol–water partition coefficient (Wildman–Crippen LogP) is 1.66. The number of benzene rings is 1. The van der Waals surface area contributed by atoms with Crippen LogP contribution in [0.3, 0.4) is 0 Å². The molecule has 0 aromatic heterocycles. The average molecular weight is 511 g/mol. The number of piperidine rings is 1. The van der Waals surface area contributed by atoms with Gasteiger partial charge in [-0.05, 0) is 43.5 Å². The Balaban J connectivity index is 1.06. The Kier molecular flexibility index (Phi) is 7.83. The van der Waals surface area contributed by atoms with Crippen LogP contribution >= 0.6 is 0 Å². The van der Waals surface area contributed by atoms with Gasteiger partial charge in [0.1, 0.15) is 0 Å². The third kappa shape index (κ3) is 5.84. The molecule has 3 saturated heterocycles. The minimum Gasteiger partial charge on any atom is -0.378 e. The first kappa shape index (κ1) is 25.4. The summed E-state index contributed by atoms with van der Waals surface area (Å²) in [5, 5.41) is 2.99. The van der Waals surface area contributed by atoms with Gasteiger partial charge in [-0.1, -0.05) is 6.08 Å². The standard InChI is InChI=1S/C27H38N6O4/c1-29-10-2-3-24(29)26(35)31-13-15-33(16-14-31)27(36)28-22-4-6-23(7-5-22)30-11-8-21(9-12-30)25(34)32-17-19-37-20-18-32/h3-7,21H,2,8-20H2,1H3,(H,28,36). The third-order valence-electron chi connectivity index (χ3n) is 7.94. The zero-order valence-electron chi connectivity index (χ0n) is 21.7. The van der Waals surface area contributed by atoms with Gasteiger partial charge in [0.05, 0.1) is 18.9 Å². The van der Waals surface area contributed by atoms with Crippen molar-refractivity contribution >= 4 is 29.2 Å². The van der Waals surface area contributed by atoms with Gasteiger partial charge in [-0.2, -0.15) is 0 Å². The van der Waals surface area contributed by atoms with Crippen LogP contribution in [0.5, 0.6) is 0 Å². The van der Waals surface area contributed by atoms with Crippen molar-refractivity contribution in [3.05, 3.63) is 36.0 Å². The number of morpholine rings is 1. The van der Waals surface area contributed by atoms with E-state index in [-0.39, 0.29) is 23.8 Å². The molecule has 0 saturated carbocycles. The van der Waals surface area contributed by atoms with Gasteiger partial charge >= 0.3 is 6.03 Å². The van der Waals surface area contributed by atoms with Gasteiger partial charge in [0, 0.05) is 83.2 Å². The van der Waals surface area contributed by atoms with E-state index in [0.29, 0.717) is 52.5 Å². The lowest BCUT2D eigenvalue weighted by molar-refractivity contribution is -0.140. The molecule has 1 N–H and O–H groups in total. The van der Waals surface area contributed by atoms with E-state index in [2.05, 4.69) is 10.2 Å². The monoisotopic (exact) mass is 510 g/mol. The number of ether oxygens (including phenoxy) is 1. The Hall–Kier alpha value is -3.27. The molecule has 0 spiro atoms. The summed E-state index contributed by atoms with van der Waals surface area (Å²) in [4.78, 5) is 48.2. The maximum Gasteiger partial charge on any atom is 0.321 e. The SMILES string of the molecule is CN1CCC=C1C(=O)N1CCN(C(=O)Nc2ccc(N3CCC(C(=O)N4CCOCC4)CC3)cc2)CC1. The van der Waals surface area contributed by atoms with E-state index in [9.17, 15) is 14.4 Å². The lowest BCUT2D eigenvalue weighted by Crippen LogP contribution is -2.52. The number of amides is 4. The molecule has 10 nitrogen and oxygen atoms in total. The van der Waals surface area contributed by atoms with Gasteiger partial charge in [0.15, 0.2) is 0 Å². The second-order valence-electron chi connectivity index (χ2n) is 10.3. The first-order valence-electron chi connectivity index (χ1n) is 13.5. The number of nitrogens with zero attached hydrogens (tertiary/aromatic N) is 5. The molecule has 0 aliphatic carbocycles. The number of carbonyl (C=O) groups excluding carboxylic acids is 3. The van der Waals surface area contributed by atoms with Crippen LogP contribution in [0.1, 0.15) is 19.3 Å². The highest BCUT2D eigenvalue weighted by Gasteiger charge is 2.30. The largest absolute Gasteiger partial charge is 0.378 e. The van der Waals surface area contributed by atoms with Crippen molar-refractivity contribution in [2.24, 2.45) is 5.92 Å². The van der Waals surface area contributed by atoms with Crippen LogP contribution in [0.15, 0.2) is 36.0 Å². The number of nitrogens with one attached hydrogen (secondary N) is 1. The van der Waals surface area contributed by atoms with Gasteiger partial charge in [0.2, 0.25) is 5.91 Å². The quantitative estimate of drug-likeness (QED) is 0.663. The van der Waals surface area contributed by atoms with Gasteiger partial charge in [-0.3, -0.25) is 9.59 Å². The highest BCUT2D eigenvalue weighted by Crippen LogP contribution is 2.26. The normalized spacial score (nSPS) is 21.2. The Labute approximate surface area is 218 Å². The van der Waals surface area contributed by atoms with Crippen molar-refractivity contribution in [2.75, 3.05) is 89.4 Å². The second-order valence-corrected chi connectivity index (χ2v) is 10.3. The molecular weight excluding hydrogens is 472 g/mol. The van der Waals surface area contributed by atoms with E-state index in [1.54, 1.807) is 4.90 Å². The minimum atomic E-state index is -0.139. The lowest BCUT2D eigenvalue weighted by atomic mass is 9.94. The van der Waals surface area contributed by atoms with Crippen molar-refractivity contribution in [1.29, 1.82) is 0 Å². The highest BCUT2D eigenvalue weighted by atomic mass is 16.5. The Morgan fingerprint density at radius 2 is 1.46 bits per heavy atom. The molecule has 3 fully saturated rings. The minimum absolute atomic E-state index is 0.0603. The molecule has 4 amide bonds. The van der Waals surface area contributed by atoms with Crippen molar-refractivity contribution in [2.45, 2.75) is 19.3 Å². The van der Waals surface area contributed by atoms with Crippen molar-refractivity contribution in [1.82, 2.24) is 19.6 Å². The number of rotatable bonds is 4. The molecule has 200 valence electrons. The van der Waals surface area contributed by atoms with Crippen molar-refractivity contribution in [3.8, 4) is 0 Å². The molecule has 4 heterocycles. The summed E-state index contributed by atoms with van der Waals surface area (Å²) in [6, 6.07) is 7.78. The van der Waals surface area contributed by atoms with E-state index < -0.39 is 0 Å². The van der Waals surface area contributed by atoms with Crippen LogP contribution in [0, 0.1) is 5.92 Å².